The van der Waals surface area contributed by atoms with Crippen molar-refractivity contribution in [3.63, 3.8) is 0 Å². The maximum Gasteiger partial charge on any atom is 0.224 e. The van der Waals surface area contributed by atoms with Crippen molar-refractivity contribution >= 4 is 5.91 Å². The maximum absolute atomic E-state index is 13.3. The molecule has 0 saturated heterocycles. The number of carbonyl (C=O) groups is 1. The van der Waals surface area contributed by atoms with Crippen LogP contribution in [0.2, 0.25) is 0 Å². The van der Waals surface area contributed by atoms with Crippen LogP contribution in [0.1, 0.15) is 19.4 Å². The van der Waals surface area contributed by atoms with Gasteiger partial charge in [0.25, 0.3) is 0 Å². The highest BCUT2D eigenvalue weighted by atomic mass is 19.1. The fraction of sp³-hybridized carbons (Fsp3) is 0.462. The summed E-state index contributed by atoms with van der Waals surface area (Å²) in [4.78, 5) is 11.5. The molecule has 4 heteroatoms. The second-order valence-corrected chi connectivity index (χ2v) is 4.23. The molecule has 0 atom stereocenters. The largest absolute Gasteiger partial charge is 0.355 e. The number of nitrogens with one attached hydrogen (secondary N) is 2. The third-order valence-corrected chi connectivity index (χ3v) is 2.31. The van der Waals surface area contributed by atoms with Crippen LogP contribution >= 0.6 is 0 Å². The molecule has 0 saturated carbocycles. The maximum atomic E-state index is 13.3. The van der Waals surface area contributed by atoms with E-state index < -0.39 is 0 Å². The van der Waals surface area contributed by atoms with Crippen molar-refractivity contribution in [2.45, 2.75) is 26.3 Å². The standard InChI is InChI=1S/C13H19FN2O/c1-10(2)15-7-8-16-13(17)9-11-5-3-4-6-12(11)14/h3-6,10,15H,7-9H2,1-2H3,(H,16,17). The summed E-state index contributed by atoms with van der Waals surface area (Å²) in [6.07, 6.45) is 0.0916. The third-order valence-electron chi connectivity index (χ3n) is 2.31. The summed E-state index contributed by atoms with van der Waals surface area (Å²) in [5.41, 5.74) is 0.432. The van der Waals surface area contributed by atoms with Crippen LogP contribution in [0.15, 0.2) is 24.3 Å². The van der Waals surface area contributed by atoms with Gasteiger partial charge in [0.2, 0.25) is 5.91 Å². The van der Waals surface area contributed by atoms with Crippen molar-refractivity contribution < 1.29 is 9.18 Å². The van der Waals surface area contributed by atoms with E-state index in [2.05, 4.69) is 10.6 Å². The lowest BCUT2D eigenvalue weighted by Gasteiger charge is -2.09. The minimum Gasteiger partial charge on any atom is -0.355 e. The van der Waals surface area contributed by atoms with Gasteiger partial charge in [-0.2, -0.15) is 0 Å². The molecule has 1 aromatic rings. The van der Waals surface area contributed by atoms with Crippen molar-refractivity contribution in [1.29, 1.82) is 0 Å². The SMILES string of the molecule is CC(C)NCCNC(=O)Cc1ccccc1F. The summed E-state index contributed by atoms with van der Waals surface area (Å²) in [7, 11) is 0. The average Bonchev–Trinajstić information content (AvgIpc) is 2.27. The van der Waals surface area contributed by atoms with Gasteiger partial charge in [-0.1, -0.05) is 32.0 Å². The van der Waals surface area contributed by atoms with E-state index in [4.69, 9.17) is 0 Å². The summed E-state index contributed by atoms with van der Waals surface area (Å²) in [6.45, 7) is 5.37. The molecule has 1 aromatic carbocycles. The Morgan fingerprint density at radius 2 is 2.00 bits per heavy atom. The van der Waals surface area contributed by atoms with Crippen LogP contribution in [0.4, 0.5) is 4.39 Å². The molecule has 1 amide bonds. The van der Waals surface area contributed by atoms with E-state index in [1.807, 2.05) is 13.8 Å². The van der Waals surface area contributed by atoms with Crippen LogP contribution < -0.4 is 10.6 Å². The molecule has 0 aliphatic rings. The molecular formula is C13H19FN2O. The molecule has 3 nitrogen and oxygen atoms in total. The van der Waals surface area contributed by atoms with Crippen molar-refractivity contribution in [2.75, 3.05) is 13.1 Å². The van der Waals surface area contributed by atoms with Gasteiger partial charge in [-0.15, -0.1) is 0 Å². The molecule has 94 valence electrons. The molecule has 0 aliphatic carbocycles. The Morgan fingerprint density at radius 1 is 1.29 bits per heavy atom. The molecule has 0 heterocycles. The Labute approximate surface area is 101 Å². The van der Waals surface area contributed by atoms with Gasteiger partial charge in [0.05, 0.1) is 6.42 Å². The van der Waals surface area contributed by atoms with E-state index in [0.717, 1.165) is 6.54 Å². The molecule has 0 unspecified atom stereocenters. The summed E-state index contributed by atoms with van der Waals surface area (Å²) >= 11 is 0. The Hall–Kier alpha value is -1.42. The molecule has 0 aliphatic heterocycles. The highest BCUT2D eigenvalue weighted by Crippen LogP contribution is 2.06. The Bertz CT molecular complexity index is 366. The number of amides is 1. The summed E-state index contributed by atoms with van der Waals surface area (Å²) < 4.78 is 13.3. The highest BCUT2D eigenvalue weighted by Gasteiger charge is 2.06. The molecule has 0 aromatic heterocycles. The molecule has 2 N–H and O–H groups in total. The lowest BCUT2D eigenvalue weighted by Crippen LogP contribution is -2.35. The van der Waals surface area contributed by atoms with Crippen molar-refractivity contribution in [3.05, 3.63) is 35.6 Å². The Kier molecular flexibility index (Phi) is 5.63. The van der Waals surface area contributed by atoms with E-state index in [9.17, 15) is 9.18 Å². The van der Waals surface area contributed by atoms with E-state index in [1.54, 1.807) is 18.2 Å². The van der Waals surface area contributed by atoms with E-state index in [1.165, 1.54) is 6.07 Å². The van der Waals surface area contributed by atoms with E-state index in [0.29, 0.717) is 18.2 Å². The number of hydrogen-bond donors (Lipinski definition) is 2. The first-order chi connectivity index (χ1) is 8.09. The van der Waals surface area contributed by atoms with Crippen LogP contribution in [0.25, 0.3) is 0 Å². The highest BCUT2D eigenvalue weighted by molar-refractivity contribution is 5.78. The number of carbonyl (C=O) groups excluding carboxylic acids is 1. The summed E-state index contributed by atoms with van der Waals surface area (Å²) in [5.74, 6) is -0.483. The van der Waals surface area contributed by atoms with Gasteiger partial charge in [-0.3, -0.25) is 4.79 Å². The van der Waals surface area contributed by atoms with Crippen molar-refractivity contribution in [1.82, 2.24) is 10.6 Å². The van der Waals surface area contributed by atoms with Crippen LogP contribution in [-0.2, 0) is 11.2 Å². The van der Waals surface area contributed by atoms with Crippen molar-refractivity contribution in [3.8, 4) is 0 Å². The first-order valence-electron chi connectivity index (χ1n) is 5.83. The minimum atomic E-state index is -0.331. The Morgan fingerprint density at radius 3 is 2.65 bits per heavy atom. The van der Waals surface area contributed by atoms with Crippen LogP contribution in [0.3, 0.4) is 0 Å². The predicted octanol–water partition coefficient (Wildman–Crippen LogP) is 1.48. The quantitative estimate of drug-likeness (QED) is 0.737. The lowest BCUT2D eigenvalue weighted by molar-refractivity contribution is -0.120. The fourth-order valence-corrected chi connectivity index (χ4v) is 1.44. The normalized spacial score (nSPS) is 10.6. The second kappa shape index (κ2) is 7.01. The lowest BCUT2D eigenvalue weighted by atomic mass is 10.1. The van der Waals surface area contributed by atoms with Gasteiger partial charge in [-0.25, -0.2) is 4.39 Å². The van der Waals surface area contributed by atoms with Gasteiger partial charge in [-0.05, 0) is 11.6 Å². The van der Waals surface area contributed by atoms with Gasteiger partial charge in [0, 0.05) is 19.1 Å². The third kappa shape index (κ3) is 5.45. The zero-order valence-corrected chi connectivity index (χ0v) is 10.3. The first kappa shape index (κ1) is 13.6. The second-order valence-electron chi connectivity index (χ2n) is 4.23. The molecule has 0 spiro atoms. The van der Waals surface area contributed by atoms with Crippen LogP contribution in [0, 0.1) is 5.82 Å². The van der Waals surface area contributed by atoms with Gasteiger partial charge in [0.15, 0.2) is 0 Å². The molecule has 1 rings (SSSR count). The molecule has 0 fully saturated rings. The number of halogens is 1. The summed E-state index contributed by atoms with van der Waals surface area (Å²) in [6, 6.07) is 6.73. The topological polar surface area (TPSA) is 41.1 Å². The molecule has 0 radical (unpaired) electrons. The predicted molar refractivity (Wildman–Crippen MR) is 66.3 cm³/mol. The van der Waals surface area contributed by atoms with Gasteiger partial charge >= 0.3 is 0 Å². The summed E-state index contributed by atoms with van der Waals surface area (Å²) in [5, 5.41) is 5.93. The fourth-order valence-electron chi connectivity index (χ4n) is 1.44. The first-order valence-corrected chi connectivity index (χ1v) is 5.83. The molecule has 0 bridgehead atoms. The zero-order valence-electron chi connectivity index (χ0n) is 10.3. The van der Waals surface area contributed by atoms with Gasteiger partial charge < -0.3 is 10.6 Å². The molecule has 17 heavy (non-hydrogen) atoms. The average molecular weight is 238 g/mol. The minimum absolute atomic E-state index is 0.0916. The van der Waals surface area contributed by atoms with E-state index in [-0.39, 0.29) is 18.1 Å². The number of benzene rings is 1. The number of hydrogen-bond acceptors (Lipinski definition) is 2. The van der Waals surface area contributed by atoms with Crippen LogP contribution in [-0.4, -0.2) is 25.0 Å². The zero-order chi connectivity index (χ0) is 12.7. The monoisotopic (exact) mass is 238 g/mol. The van der Waals surface area contributed by atoms with E-state index >= 15 is 0 Å². The van der Waals surface area contributed by atoms with Gasteiger partial charge in [0.1, 0.15) is 5.82 Å². The Balaban J connectivity index is 2.28. The molecular weight excluding hydrogens is 219 g/mol. The smallest absolute Gasteiger partial charge is 0.224 e. The number of rotatable bonds is 6. The van der Waals surface area contributed by atoms with Crippen LogP contribution in [0.5, 0.6) is 0 Å². The van der Waals surface area contributed by atoms with Crippen molar-refractivity contribution in [2.24, 2.45) is 0 Å².